The van der Waals surface area contributed by atoms with Crippen LogP contribution < -0.4 is 5.32 Å². The molecule has 1 aliphatic heterocycles. The molecule has 0 spiro atoms. The number of alkyl halides is 1. The molecule has 6 heteroatoms. The Morgan fingerprint density at radius 3 is 2.24 bits per heavy atom. The Hall–Kier alpha value is -1.19. The number of amides is 1. The molecule has 2 atom stereocenters. The van der Waals surface area contributed by atoms with Gasteiger partial charge in [-0.3, -0.25) is 4.79 Å². The normalized spacial score (nSPS) is 19.7. The van der Waals surface area contributed by atoms with Crippen LogP contribution in [0.25, 0.3) is 0 Å². The van der Waals surface area contributed by atoms with Crippen LogP contribution in [0.4, 0.5) is 4.39 Å². The molecule has 1 aliphatic rings. The van der Waals surface area contributed by atoms with Crippen molar-refractivity contribution in [3.63, 3.8) is 0 Å². The lowest BCUT2D eigenvalue weighted by atomic mass is 10.0. The molecule has 0 aromatic heterocycles. The molecular weight excluding hydrogens is 367 g/mol. The summed E-state index contributed by atoms with van der Waals surface area (Å²) >= 11 is 0. The number of rotatable bonds is 15. The van der Waals surface area contributed by atoms with Gasteiger partial charge in [0.25, 0.3) is 0 Å². The molecule has 0 saturated carbocycles. The van der Waals surface area contributed by atoms with Gasteiger partial charge in [-0.2, -0.15) is 5.26 Å². The second kappa shape index (κ2) is 13.9. The number of carbonyl (C=O) groups is 1. The minimum Gasteiger partial charge on any atom is -0.323 e. The topological polar surface area (TPSA) is 59.4 Å². The molecule has 1 heterocycles. The van der Waals surface area contributed by atoms with Crippen molar-refractivity contribution >= 4 is 5.91 Å². The van der Waals surface area contributed by atoms with Crippen LogP contribution in [0.15, 0.2) is 0 Å². The number of likely N-dealkylation sites (tertiary alicyclic amines) is 1. The van der Waals surface area contributed by atoms with Crippen molar-refractivity contribution in [3.05, 3.63) is 0 Å². The number of nitrogens with zero attached hydrogens (tertiary/aromatic N) is 3. The van der Waals surface area contributed by atoms with Crippen LogP contribution in [0.5, 0.6) is 0 Å². The van der Waals surface area contributed by atoms with Crippen LogP contribution in [0.2, 0.25) is 0 Å². The van der Waals surface area contributed by atoms with E-state index in [2.05, 4.69) is 44.0 Å². The van der Waals surface area contributed by atoms with Crippen LogP contribution >= 0.6 is 0 Å². The summed E-state index contributed by atoms with van der Waals surface area (Å²) in [7, 11) is 0. The molecule has 168 valence electrons. The smallest absolute Gasteiger partial charge is 0.237 e. The van der Waals surface area contributed by atoms with Gasteiger partial charge in [-0.15, -0.1) is 0 Å². The first-order valence-electron chi connectivity index (χ1n) is 11.6. The maximum atomic E-state index is 13.6. The molecular formula is C23H43FN4O. The van der Waals surface area contributed by atoms with Gasteiger partial charge in [-0.1, -0.05) is 52.4 Å². The minimum atomic E-state index is -1.08. The maximum Gasteiger partial charge on any atom is 0.237 e. The van der Waals surface area contributed by atoms with E-state index in [0.717, 1.165) is 19.6 Å². The molecule has 29 heavy (non-hydrogen) atoms. The molecule has 0 bridgehead atoms. The quantitative estimate of drug-likeness (QED) is 0.409. The van der Waals surface area contributed by atoms with Gasteiger partial charge in [0.15, 0.2) is 0 Å². The molecule has 0 aromatic carbocycles. The molecule has 1 fully saturated rings. The van der Waals surface area contributed by atoms with Crippen LogP contribution in [0.3, 0.4) is 0 Å². The van der Waals surface area contributed by atoms with E-state index in [0.29, 0.717) is 0 Å². The SMILES string of the molecule is CCCCCCN(CCCCCC)CC(C)(C)NCC(=O)N1C[C@@H](F)C[C@H]1C#N. The average Bonchev–Trinajstić information content (AvgIpc) is 3.07. The van der Waals surface area contributed by atoms with Crippen LogP contribution in [0, 0.1) is 11.3 Å². The third kappa shape index (κ3) is 10.4. The second-order valence-electron chi connectivity index (χ2n) is 9.16. The Bertz CT molecular complexity index is 494. The van der Waals surface area contributed by atoms with E-state index in [4.69, 9.17) is 5.26 Å². The summed E-state index contributed by atoms with van der Waals surface area (Å²) in [6.07, 6.45) is 9.06. The molecule has 0 aliphatic carbocycles. The Kier molecular flexibility index (Phi) is 12.4. The summed E-state index contributed by atoms with van der Waals surface area (Å²) in [6.45, 7) is 12.0. The first kappa shape index (κ1) is 25.8. The summed E-state index contributed by atoms with van der Waals surface area (Å²) < 4.78 is 13.6. The fourth-order valence-electron chi connectivity index (χ4n) is 4.01. The summed E-state index contributed by atoms with van der Waals surface area (Å²) in [5.41, 5.74) is -0.220. The average molecular weight is 411 g/mol. The van der Waals surface area contributed by atoms with E-state index < -0.39 is 12.2 Å². The van der Waals surface area contributed by atoms with E-state index in [1.54, 1.807) is 0 Å². The minimum absolute atomic E-state index is 0.0418. The fraction of sp³-hybridized carbons (Fsp3) is 0.913. The number of unbranched alkanes of at least 4 members (excludes halogenated alkanes) is 6. The van der Waals surface area contributed by atoms with Gasteiger partial charge < -0.3 is 15.1 Å². The zero-order valence-corrected chi connectivity index (χ0v) is 19.2. The fourth-order valence-corrected chi connectivity index (χ4v) is 4.01. The van der Waals surface area contributed by atoms with Crippen molar-refractivity contribution in [1.29, 1.82) is 5.26 Å². The third-order valence-corrected chi connectivity index (χ3v) is 5.71. The predicted molar refractivity (Wildman–Crippen MR) is 117 cm³/mol. The van der Waals surface area contributed by atoms with Crippen molar-refractivity contribution in [3.8, 4) is 6.07 Å². The number of nitrogens with one attached hydrogen (secondary N) is 1. The molecule has 1 rings (SSSR count). The van der Waals surface area contributed by atoms with E-state index in [1.807, 2.05) is 0 Å². The van der Waals surface area contributed by atoms with Crippen LogP contribution in [-0.2, 0) is 4.79 Å². The van der Waals surface area contributed by atoms with Crippen molar-refractivity contribution in [2.75, 3.05) is 32.7 Å². The zero-order valence-electron chi connectivity index (χ0n) is 19.2. The van der Waals surface area contributed by atoms with Gasteiger partial charge in [-0.05, 0) is 39.8 Å². The van der Waals surface area contributed by atoms with Gasteiger partial charge in [-0.25, -0.2) is 4.39 Å². The second-order valence-corrected chi connectivity index (χ2v) is 9.16. The number of hydrogen-bond acceptors (Lipinski definition) is 4. The van der Waals surface area contributed by atoms with Crippen molar-refractivity contribution < 1.29 is 9.18 Å². The van der Waals surface area contributed by atoms with Gasteiger partial charge in [0, 0.05) is 18.5 Å². The summed E-state index contributed by atoms with van der Waals surface area (Å²) in [6, 6.07) is 1.42. The zero-order chi connectivity index (χ0) is 21.7. The predicted octanol–water partition coefficient (Wildman–Crippen LogP) is 4.28. The van der Waals surface area contributed by atoms with Crippen LogP contribution in [0.1, 0.15) is 85.5 Å². The van der Waals surface area contributed by atoms with Crippen molar-refractivity contribution in [1.82, 2.24) is 15.1 Å². The summed E-state index contributed by atoms with van der Waals surface area (Å²) in [5.74, 6) is -0.179. The van der Waals surface area contributed by atoms with E-state index in [1.165, 1.54) is 56.3 Å². The summed E-state index contributed by atoms with van der Waals surface area (Å²) in [4.78, 5) is 16.4. The van der Waals surface area contributed by atoms with Gasteiger partial charge in [0.1, 0.15) is 12.2 Å². The first-order valence-corrected chi connectivity index (χ1v) is 11.6. The molecule has 0 aromatic rings. The van der Waals surface area contributed by atoms with E-state index >= 15 is 0 Å². The number of halogens is 1. The maximum absolute atomic E-state index is 13.6. The number of hydrogen-bond donors (Lipinski definition) is 1. The number of nitriles is 1. The van der Waals surface area contributed by atoms with Gasteiger partial charge in [0.2, 0.25) is 5.91 Å². The highest BCUT2D eigenvalue weighted by atomic mass is 19.1. The highest BCUT2D eigenvalue weighted by molar-refractivity contribution is 5.79. The van der Waals surface area contributed by atoms with Crippen molar-refractivity contribution in [2.24, 2.45) is 0 Å². The Labute approximate surface area is 178 Å². The standard InChI is InChI=1S/C23H43FN4O/c1-5-7-9-11-13-27(14-12-10-8-6-2)19-23(3,4)26-17-22(29)28-18-20(24)15-21(28)16-25/h20-21,26H,5-15,17-19H2,1-4H3/t20-,21-/m0/s1. The van der Waals surface area contributed by atoms with E-state index in [-0.39, 0.29) is 31.0 Å². The lowest BCUT2D eigenvalue weighted by molar-refractivity contribution is -0.130. The van der Waals surface area contributed by atoms with Gasteiger partial charge >= 0.3 is 0 Å². The monoisotopic (exact) mass is 410 g/mol. The molecule has 5 nitrogen and oxygen atoms in total. The highest BCUT2D eigenvalue weighted by Crippen LogP contribution is 2.20. The Morgan fingerprint density at radius 1 is 1.14 bits per heavy atom. The molecule has 1 saturated heterocycles. The molecule has 0 unspecified atom stereocenters. The highest BCUT2D eigenvalue weighted by Gasteiger charge is 2.35. The van der Waals surface area contributed by atoms with E-state index in [9.17, 15) is 9.18 Å². The third-order valence-electron chi connectivity index (χ3n) is 5.71. The summed E-state index contributed by atoms with van der Waals surface area (Å²) in [5, 5.41) is 12.5. The largest absolute Gasteiger partial charge is 0.323 e. The number of carbonyl (C=O) groups excluding carboxylic acids is 1. The Morgan fingerprint density at radius 2 is 1.72 bits per heavy atom. The van der Waals surface area contributed by atoms with Crippen LogP contribution in [-0.4, -0.2) is 66.2 Å². The van der Waals surface area contributed by atoms with Crippen molar-refractivity contribution in [2.45, 2.75) is 103 Å². The molecule has 0 radical (unpaired) electrons. The molecule has 1 amide bonds. The van der Waals surface area contributed by atoms with Gasteiger partial charge in [0.05, 0.1) is 19.2 Å². The lowest BCUT2D eigenvalue weighted by Crippen LogP contribution is -2.53. The first-order chi connectivity index (χ1) is 13.8. The molecule has 1 N–H and O–H groups in total. The Balaban J connectivity index is 2.51. The lowest BCUT2D eigenvalue weighted by Gasteiger charge is -2.34.